The van der Waals surface area contributed by atoms with Crippen molar-refractivity contribution in [3.63, 3.8) is 0 Å². The first-order valence-corrected chi connectivity index (χ1v) is 7.01. The molecule has 0 aliphatic carbocycles. The molecule has 0 saturated carbocycles. The summed E-state index contributed by atoms with van der Waals surface area (Å²) in [6.07, 6.45) is 0. The van der Waals surface area contributed by atoms with Crippen LogP contribution < -0.4 is 5.73 Å². The number of methoxy groups -OCH3 is 1. The summed E-state index contributed by atoms with van der Waals surface area (Å²) in [6, 6.07) is 4.78. The lowest BCUT2D eigenvalue weighted by atomic mass is 10.3. The molecule has 1 atom stereocenters. The van der Waals surface area contributed by atoms with Crippen LogP contribution in [0.2, 0.25) is 0 Å². The highest BCUT2D eigenvalue weighted by Gasteiger charge is 2.25. The van der Waals surface area contributed by atoms with E-state index in [9.17, 15) is 8.42 Å². The molecule has 0 amide bonds. The first-order valence-electron chi connectivity index (χ1n) is 4.67. The van der Waals surface area contributed by atoms with E-state index in [4.69, 9.17) is 10.5 Å². The maximum atomic E-state index is 12.1. The highest BCUT2D eigenvalue weighted by Crippen LogP contribution is 2.26. The molecule has 6 heteroatoms. The van der Waals surface area contributed by atoms with E-state index in [1.54, 1.807) is 19.1 Å². The standard InChI is InChI=1S/C10H14BrNO3S/c1-7(6-15-2)16(13,14)10-5-8(11)3-4-9(10)12/h3-5,7H,6,12H2,1-2H3. The van der Waals surface area contributed by atoms with Crippen LogP contribution in [0.1, 0.15) is 6.92 Å². The zero-order chi connectivity index (χ0) is 12.3. The molecule has 0 heterocycles. The molecule has 90 valence electrons. The Morgan fingerprint density at radius 1 is 1.50 bits per heavy atom. The number of nitrogens with two attached hydrogens (primary N) is 1. The molecular weight excluding hydrogens is 294 g/mol. The molecule has 1 unspecified atom stereocenters. The fourth-order valence-corrected chi connectivity index (χ4v) is 3.24. The summed E-state index contributed by atoms with van der Waals surface area (Å²) in [7, 11) is -1.97. The van der Waals surface area contributed by atoms with E-state index >= 15 is 0 Å². The van der Waals surface area contributed by atoms with Gasteiger partial charge in [-0.1, -0.05) is 15.9 Å². The van der Waals surface area contributed by atoms with Gasteiger partial charge in [-0.15, -0.1) is 0 Å². The lowest BCUT2D eigenvalue weighted by Crippen LogP contribution is -2.23. The maximum absolute atomic E-state index is 12.1. The number of anilines is 1. The van der Waals surface area contributed by atoms with Crippen molar-refractivity contribution in [2.24, 2.45) is 0 Å². The van der Waals surface area contributed by atoms with E-state index in [2.05, 4.69) is 15.9 Å². The van der Waals surface area contributed by atoms with Crippen molar-refractivity contribution in [1.82, 2.24) is 0 Å². The molecule has 4 nitrogen and oxygen atoms in total. The Kier molecular flexibility index (Phi) is 4.35. The smallest absolute Gasteiger partial charge is 0.185 e. The van der Waals surface area contributed by atoms with E-state index < -0.39 is 15.1 Å². The van der Waals surface area contributed by atoms with E-state index in [0.717, 1.165) is 0 Å². The minimum Gasteiger partial charge on any atom is -0.398 e. The molecule has 0 aliphatic heterocycles. The molecule has 0 saturated heterocycles. The molecule has 1 aromatic carbocycles. The lowest BCUT2D eigenvalue weighted by molar-refractivity contribution is 0.200. The van der Waals surface area contributed by atoms with Crippen LogP contribution in [-0.4, -0.2) is 27.4 Å². The number of rotatable bonds is 4. The van der Waals surface area contributed by atoms with Crippen LogP contribution in [0.4, 0.5) is 5.69 Å². The molecule has 0 bridgehead atoms. The molecular formula is C10H14BrNO3S. The van der Waals surface area contributed by atoms with Crippen molar-refractivity contribution in [1.29, 1.82) is 0 Å². The minimum absolute atomic E-state index is 0.145. The number of benzene rings is 1. The number of halogens is 1. The van der Waals surface area contributed by atoms with Gasteiger partial charge in [-0.2, -0.15) is 0 Å². The summed E-state index contributed by atoms with van der Waals surface area (Å²) in [4.78, 5) is 0.145. The fraction of sp³-hybridized carbons (Fsp3) is 0.400. The van der Waals surface area contributed by atoms with Gasteiger partial charge in [0.2, 0.25) is 0 Å². The zero-order valence-corrected chi connectivity index (χ0v) is 11.5. The minimum atomic E-state index is -3.43. The number of ether oxygens (including phenoxy) is 1. The van der Waals surface area contributed by atoms with Gasteiger partial charge in [0.25, 0.3) is 0 Å². The predicted octanol–water partition coefficient (Wildman–Crippen LogP) is 1.84. The van der Waals surface area contributed by atoms with E-state index in [1.807, 2.05) is 0 Å². The van der Waals surface area contributed by atoms with Crippen LogP contribution in [-0.2, 0) is 14.6 Å². The topological polar surface area (TPSA) is 69.4 Å². The predicted molar refractivity (Wildman–Crippen MR) is 67.1 cm³/mol. The normalized spacial score (nSPS) is 13.7. The van der Waals surface area contributed by atoms with Crippen LogP contribution in [0.25, 0.3) is 0 Å². The van der Waals surface area contributed by atoms with E-state index in [1.165, 1.54) is 13.2 Å². The van der Waals surface area contributed by atoms with E-state index in [-0.39, 0.29) is 17.2 Å². The van der Waals surface area contributed by atoms with Gasteiger partial charge >= 0.3 is 0 Å². The number of sulfone groups is 1. The van der Waals surface area contributed by atoms with Gasteiger partial charge < -0.3 is 10.5 Å². The largest absolute Gasteiger partial charge is 0.398 e. The third-order valence-electron chi connectivity index (χ3n) is 2.21. The van der Waals surface area contributed by atoms with Crippen LogP contribution in [0.15, 0.2) is 27.6 Å². The Labute approximate surface area is 104 Å². The zero-order valence-electron chi connectivity index (χ0n) is 9.10. The fourth-order valence-electron chi connectivity index (χ4n) is 1.30. The quantitative estimate of drug-likeness (QED) is 0.862. The van der Waals surface area contributed by atoms with Crippen molar-refractivity contribution < 1.29 is 13.2 Å². The SMILES string of the molecule is COCC(C)S(=O)(=O)c1cc(Br)ccc1N. The second-order valence-corrected chi connectivity index (χ2v) is 6.74. The summed E-state index contributed by atoms with van der Waals surface area (Å²) in [6.45, 7) is 1.74. The summed E-state index contributed by atoms with van der Waals surface area (Å²) < 4.78 is 29.8. The van der Waals surface area contributed by atoms with Crippen LogP contribution in [0.3, 0.4) is 0 Å². The average molecular weight is 308 g/mol. The summed E-state index contributed by atoms with van der Waals surface area (Å²) in [5.74, 6) is 0. The summed E-state index contributed by atoms with van der Waals surface area (Å²) >= 11 is 3.23. The first-order chi connectivity index (χ1) is 7.39. The Hall–Kier alpha value is -0.590. The van der Waals surface area contributed by atoms with Crippen molar-refractivity contribution in [2.45, 2.75) is 17.1 Å². The summed E-state index contributed by atoms with van der Waals surface area (Å²) in [5.41, 5.74) is 5.92. The van der Waals surface area contributed by atoms with Gasteiger partial charge in [-0.3, -0.25) is 0 Å². The van der Waals surface area contributed by atoms with Crippen LogP contribution in [0, 0.1) is 0 Å². The van der Waals surface area contributed by atoms with Crippen LogP contribution >= 0.6 is 15.9 Å². The monoisotopic (exact) mass is 307 g/mol. The third-order valence-corrected chi connectivity index (χ3v) is 4.87. The molecule has 0 aliphatic rings. The molecule has 1 rings (SSSR count). The molecule has 0 radical (unpaired) electrons. The maximum Gasteiger partial charge on any atom is 0.185 e. The van der Waals surface area contributed by atoms with Gasteiger partial charge in [0.1, 0.15) is 0 Å². The average Bonchev–Trinajstić information content (AvgIpc) is 2.22. The molecule has 16 heavy (non-hydrogen) atoms. The number of hydrogen-bond donors (Lipinski definition) is 1. The van der Waals surface area contributed by atoms with Crippen molar-refractivity contribution in [3.8, 4) is 0 Å². The van der Waals surface area contributed by atoms with Crippen LogP contribution in [0.5, 0.6) is 0 Å². The Morgan fingerprint density at radius 3 is 2.69 bits per heavy atom. The van der Waals surface area contributed by atoms with Gasteiger partial charge in [-0.25, -0.2) is 8.42 Å². The van der Waals surface area contributed by atoms with Gasteiger partial charge in [0.15, 0.2) is 9.84 Å². The summed E-state index contributed by atoms with van der Waals surface area (Å²) in [5, 5.41) is -0.617. The van der Waals surface area contributed by atoms with Crippen molar-refractivity contribution in [2.75, 3.05) is 19.5 Å². The molecule has 2 N–H and O–H groups in total. The molecule has 1 aromatic rings. The molecule has 0 fully saturated rings. The third kappa shape index (κ3) is 2.75. The first kappa shape index (κ1) is 13.5. The Balaban J connectivity index is 3.21. The molecule has 0 aromatic heterocycles. The number of hydrogen-bond acceptors (Lipinski definition) is 4. The van der Waals surface area contributed by atoms with Crippen molar-refractivity contribution in [3.05, 3.63) is 22.7 Å². The highest BCUT2D eigenvalue weighted by atomic mass is 79.9. The lowest BCUT2D eigenvalue weighted by Gasteiger charge is -2.13. The van der Waals surface area contributed by atoms with Gasteiger partial charge in [-0.05, 0) is 25.1 Å². The second kappa shape index (κ2) is 5.16. The highest BCUT2D eigenvalue weighted by molar-refractivity contribution is 9.10. The Bertz CT molecular complexity index is 473. The van der Waals surface area contributed by atoms with Gasteiger partial charge in [0.05, 0.1) is 22.4 Å². The Morgan fingerprint density at radius 2 is 2.12 bits per heavy atom. The molecule has 0 spiro atoms. The second-order valence-electron chi connectivity index (χ2n) is 3.49. The number of nitrogen functional groups attached to an aromatic ring is 1. The van der Waals surface area contributed by atoms with Gasteiger partial charge in [0, 0.05) is 11.6 Å². The van der Waals surface area contributed by atoms with E-state index in [0.29, 0.717) is 4.47 Å². The van der Waals surface area contributed by atoms with Crippen molar-refractivity contribution >= 4 is 31.5 Å².